The van der Waals surface area contributed by atoms with E-state index in [1.807, 2.05) is 42.7 Å². The lowest BCUT2D eigenvalue weighted by Gasteiger charge is -2.12. The van der Waals surface area contributed by atoms with Gasteiger partial charge < -0.3 is 4.74 Å². The Morgan fingerprint density at radius 3 is 2.56 bits per heavy atom. The highest BCUT2D eigenvalue weighted by Gasteiger charge is 2.15. The molecule has 0 atom stereocenters. The van der Waals surface area contributed by atoms with E-state index in [4.69, 9.17) is 4.74 Å². The largest absolute Gasteiger partial charge is 0.497 e. The smallest absolute Gasteiger partial charge is 0.181 e. The van der Waals surface area contributed by atoms with Gasteiger partial charge in [-0.15, -0.1) is 10.2 Å². The molecule has 2 aromatic heterocycles. The maximum Gasteiger partial charge on any atom is 0.181 e. The second-order valence-electron chi connectivity index (χ2n) is 6.44. The molecular formula is C20H20N6O. The highest BCUT2D eigenvalue weighted by Crippen LogP contribution is 2.28. The number of H-pyrrole nitrogens is 1. The summed E-state index contributed by atoms with van der Waals surface area (Å²) < 4.78 is 7.38. The average molecular weight is 360 g/mol. The Morgan fingerprint density at radius 1 is 0.963 bits per heavy atom. The van der Waals surface area contributed by atoms with Crippen LogP contribution < -0.4 is 4.74 Å². The molecule has 0 aliphatic heterocycles. The minimum Gasteiger partial charge on any atom is -0.497 e. The number of aryl methyl sites for hydroxylation is 3. The second-order valence-corrected chi connectivity index (χ2v) is 6.44. The van der Waals surface area contributed by atoms with Crippen LogP contribution in [0.2, 0.25) is 0 Å². The molecule has 0 aliphatic carbocycles. The van der Waals surface area contributed by atoms with Crippen molar-refractivity contribution < 1.29 is 4.74 Å². The number of methoxy groups -OCH3 is 1. The van der Waals surface area contributed by atoms with Crippen molar-refractivity contribution in [2.24, 2.45) is 0 Å². The maximum absolute atomic E-state index is 5.35. The summed E-state index contributed by atoms with van der Waals surface area (Å²) in [6, 6.07) is 14.0. The van der Waals surface area contributed by atoms with Gasteiger partial charge in [0.25, 0.3) is 0 Å². The summed E-state index contributed by atoms with van der Waals surface area (Å²) >= 11 is 0. The van der Waals surface area contributed by atoms with Gasteiger partial charge in [-0.1, -0.05) is 12.1 Å². The minimum atomic E-state index is 0.672. The van der Waals surface area contributed by atoms with Crippen LogP contribution in [0, 0.1) is 20.8 Å². The van der Waals surface area contributed by atoms with E-state index in [-0.39, 0.29) is 0 Å². The average Bonchev–Trinajstić information content (AvgIpc) is 3.27. The lowest BCUT2D eigenvalue weighted by molar-refractivity contribution is 0.415. The number of benzene rings is 2. The predicted molar refractivity (Wildman–Crippen MR) is 103 cm³/mol. The van der Waals surface area contributed by atoms with Crippen molar-refractivity contribution in [2.45, 2.75) is 20.8 Å². The molecule has 4 aromatic rings. The molecule has 0 unspecified atom stereocenters. The van der Waals surface area contributed by atoms with Gasteiger partial charge in [0.1, 0.15) is 17.4 Å². The summed E-state index contributed by atoms with van der Waals surface area (Å²) in [7, 11) is 1.65. The van der Waals surface area contributed by atoms with Gasteiger partial charge in [0.15, 0.2) is 11.6 Å². The Kier molecular flexibility index (Phi) is 4.19. The van der Waals surface area contributed by atoms with Crippen molar-refractivity contribution in [3.05, 3.63) is 59.7 Å². The first-order valence-electron chi connectivity index (χ1n) is 8.63. The lowest BCUT2D eigenvalue weighted by Crippen LogP contribution is -2.01. The Morgan fingerprint density at radius 2 is 1.81 bits per heavy atom. The van der Waals surface area contributed by atoms with Crippen LogP contribution >= 0.6 is 0 Å². The summed E-state index contributed by atoms with van der Waals surface area (Å²) in [4.78, 5) is 4.45. The molecule has 2 heterocycles. The first kappa shape index (κ1) is 17.0. The van der Waals surface area contributed by atoms with Crippen LogP contribution in [-0.4, -0.2) is 37.1 Å². The van der Waals surface area contributed by atoms with Gasteiger partial charge in [-0.25, -0.2) is 4.98 Å². The number of rotatable bonds is 4. The standard InChI is InChI=1S/C20H20N6O/c1-12-8-16(19-21-13(2)22-24-19)10-17(9-12)26-14(3)23-25-20(26)15-6-5-7-18(11-15)27-4/h5-11H,1-4H3,(H,21,22,24). The van der Waals surface area contributed by atoms with Crippen LogP contribution in [-0.2, 0) is 0 Å². The highest BCUT2D eigenvalue weighted by atomic mass is 16.5. The summed E-state index contributed by atoms with van der Waals surface area (Å²) in [5.41, 5.74) is 3.95. The van der Waals surface area contributed by atoms with Gasteiger partial charge in [0.2, 0.25) is 0 Å². The molecule has 27 heavy (non-hydrogen) atoms. The van der Waals surface area contributed by atoms with Crippen molar-refractivity contribution in [1.82, 2.24) is 29.9 Å². The van der Waals surface area contributed by atoms with Crippen molar-refractivity contribution in [2.75, 3.05) is 7.11 Å². The first-order valence-corrected chi connectivity index (χ1v) is 8.63. The van der Waals surface area contributed by atoms with Crippen molar-refractivity contribution in [3.63, 3.8) is 0 Å². The molecule has 0 radical (unpaired) electrons. The third-order valence-corrected chi connectivity index (χ3v) is 4.33. The summed E-state index contributed by atoms with van der Waals surface area (Å²) in [5, 5.41) is 15.9. The molecule has 7 heteroatoms. The van der Waals surface area contributed by atoms with Crippen LogP contribution in [0.3, 0.4) is 0 Å². The number of aromatic nitrogens is 6. The van der Waals surface area contributed by atoms with E-state index >= 15 is 0 Å². The quantitative estimate of drug-likeness (QED) is 0.601. The number of hydrogen-bond acceptors (Lipinski definition) is 5. The molecule has 136 valence electrons. The summed E-state index contributed by atoms with van der Waals surface area (Å²) in [5.74, 6) is 3.79. The van der Waals surface area contributed by atoms with Crippen molar-refractivity contribution in [3.8, 4) is 34.2 Å². The van der Waals surface area contributed by atoms with Crippen molar-refractivity contribution in [1.29, 1.82) is 0 Å². The molecule has 0 spiro atoms. The minimum absolute atomic E-state index is 0.672. The summed E-state index contributed by atoms with van der Waals surface area (Å²) in [6.07, 6.45) is 0. The summed E-state index contributed by atoms with van der Waals surface area (Å²) in [6.45, 7) is 5.88. The van der Waals surface area contributed by atoms with Gasteiger partial charge in [-0.3, -0.25) is 9.67 Å². The molecule has 1 N–H and O–H groups in total. The molecular weight excluding hydrogens is 340 g/mol. The fourth-order valence-electron chi connectivity index (χ4n) is 3.11. The van der Waals surface area contributed by atoms with Crippen LogP contribution in [0.4, 0.5) is 0 Å². The third-order valence-electron chi connectivity index (χ3n) is 4.33. The number of aromatic amines is 1. The van der Waals surface area contributed by atoms with Crippen LogP contribution in [0.5, 0.6) is 5.75 Å². The van der Waals surface area contributed by atoms with E-state index in [9.17, 15) is 0 Å². The Labute approximate surface area is 157 Å². The third kappa shape index (κ3) is 3.19. The van der Waals surface area contributed by atoms with E-state index in [1.54, 1.807) is 7.11 Å². The molecule has 0 saturated heterocycles. The molecule has 0 fully saturated rings. The second kappa shape index (κ2) is 6.68. The zero-order valence-corrected chi connectivity index (χ0v) is 15.7. The SMILES string of the molecule is COc1cccc(-c2nnc(C)n2-c2cc(C)cc(-c3n[nH]c(C)n3)c2)c1. The van der Waals surface area contributed by atoms with Gasteiger partial charge in [0.05, 0.1) is 7.11 Å². The topological polar surface area (TPSA) is 81.5 Å². The van der Waals surface area contributed by atoms with E-state index < -0.39 is 0 Å². The fraction of sp³-hybridized carbons (Fsp3) is 0.200. The van der Waals surface area contributed by atoms with Gasteiger partial charge in [-0.2, -0.15) is 5.10 Å². The Bertz CT molecular complexity index is 1110. The van der Waals surface area contributed by atoms with E-state index in [0.29, 0.717) is 5.82 Å². The molecule has 0 saturated carbocycles. The molecule has 0 bridgehead atoms. The molecule has 2 aromatic carbocycles. The van der Waals surface area contributed by atoms with Gasteiger partial charge in [-0.05, 0) is 56.7 Å². The van der Waals surface area contributed by atoms with Crippen LogP contribution in [0.1, 0.15) is 17.2 Å². The number of nitrogens with zero attached hydrogens (tertiary/aromatic N) is 5. The Balaban J connectivity index is 1.87. The Hall–Kier alpha value is -3.48. The molecule has 7 nitrogen and oxygen atoms in total. The van der Waals surface area contributed by atoms with Crippen LogP contribution in [0.25, 0.3) is 28.5 Å². The van der Waals surface area contributed by atoms with E-state index in [0.717, 1.165) is 45.6 Å². The predicted octanol–water partition coefficient (Wildman–Crippen LogP) is 3.65. The molecule has 0 aliphatic rings. The van der Waals surface area contributed by atoms with E-state index in [1.165, 1.54) is 0 Å². The zero-order valence-electron chi connectivity index (χ0n) is 15.7. The van der Waals surface area contributed by atoms with Crippen molar-refractivity contribution >= 4 is 0 Å². The molecule has 4 rings (SSSR count). The highest BCUT2D eigenvalue weighted by molar-refractivity contribution is 5.65. The fourth-order valence-corrected chi connectivity index (χ4v) is 3.11. The van der Waals surface area contributed by atoms with Gasteiger partial charge in [0, 0.05) is 16.8 Å². The van der Waals surface area contributed by atoms with E-state index in [2.05, 4.69) is 50.5 Å². The first-order chi connectivity index (χ1) is 13.0. The normalized spacial score (nSPS) is 11.0. The van der Waals surface area contributed by atoms with Gasteiger partial charge >= 0.3 is 0 Å². The molecule has 0 amide bonds. The number of nitrogens with one attached hydrogen (secondary N) is 1. The monoisotopic (exact) mass is 360 g/mol. The lowest BCUT2D eigenvalue weighted by atomic mass is 10.1. The zero-order chi connectivity index (χ0) is 19.0. The number of ether oxygens (including phenoxy) is 1. The maximum atomic E-state index is 5.35. The number of hydrogen-bond donors (Lipinski definition) is 1. The van der Waals surface area contributed by atoms with Crippen LogP contribution in [0.15, 0.2) is 42.5 Å².